The van der Waals surface area contributed by atoms with Crippen LogP contribution in [0.15, 0.2) is 72.0 Å². The van der Waals surface area contributed by atoms with Crippen molar-refractivity contribution in [3.63, 3.8) is 0 Å². The SMILES string of the molecule is N/C=N\N(N)CC(O)(c1ccc(F)cc1F)C(F)(F)c1ccc(OCc2ccccc2)cn1. The third-order valence-corrected chi connectivity index (χ3v) is 4.81. The number of pyridine rings is 1. The Morgan fingerprint density at radius 1 is 1.09 bits per heavy atom. The molecule has 11 heteroatoms. The smallest absolute Gasteiger partial charge is 0.323 e. The van der Waals surface area contributed by atoms with Crippen molar-refractivity contribution in [2.24, 2.45) is 16.7 Å². The molecule has 1 aromatic heterocycles. The van der Waals surface area contributed by atoms with Crippen molar-refractivity contribution < 1.29 is 27.4 Å². The number of benzene rings is 2. The molecule has 0 aliphatic heterocycles. The number of nitrogens with two attached hydrogens (primary N) is 2. The number of hydrogen-bond acceptors (Lipinski definition) is 6. The Labute approximate surface area is 186 Å². The summed E-state index contributed by atoms with van der Waals surface area (Å²) in [7, 11) is 0. The zero-order valence-corrected chi connectivity index (χ0v) is 17.2. The summed E-state index contributed by atoms with van der Waals surface area (Å²) in [4.78, 5) is 3.70. The van der Waals surface area contributed by atoms with Crippen LogP contribution in [0.2, 0.25) is 0 Å². The van der Waals surface area contributed by atoms with Gasteiger partial charge in [-0.15, -0.1) is 0 Å². The van der Waals surface area contributed by atoms with Crippen molar-refractivity contribution in [1.82, 2.24) is 10.1 Å². The fourth-order valence-corrected chi connectivity index (χ4v) is 3.14. The second-order valence-electron chi connectivity index (χ2n) is 7.07. The van der Waals surface area contributed by atoms with Crippen LogP contribution < -0.4 is 16.3 Å². The molecule has 33 heavy (non-hydrogen) atoms. The minimum Gasteiger partial charge on any atom is -0.487 e. The van der Waals surface area contributed by atoms with Crippen molar-refractivity contribution in [3.05, 3.63) is 95.3 Å². The van der Waals surface area contributed by atoms with Crippen LogP contribution in [0.1, 0.15) is 16.8 Å². The summed E-state index contributed by atoms with van der Waals surface area (Å²) in [6.45, 7) is -0.910. The molecule has 3 rings (SSSR count). The van der Waals surface area contributed by atoms with Crippen LogP contribution in [-0.2, 0) is 18.1 Å². The molecular weight excluding hydrogens is 442 g/mol. The summed E-state index contributed by atoms with van der Waals surface area (Å²) >= 11 is 0. The van der Waals surface area contributed by atoms with E-state index in [-0.39, 0.29) is 12.4 Å². The number of ether oxygens (including phenoxy) is 1. The summed E-state index contributed by atoms with van der Waals surface area (Å²) in [6.07, 6.45) is 1.75. The fraction of sp³-hybridized carbons (Fsp3) is 0.182. The van der Waals surface area contributed by atoms with Gasteiger partial charge in [0.25, 0.3) is 0 Å². The highest BCUT2D eigenvalue weighted by Gasteiger charge is 2.58. The normalized spacial score (nSPS) is 13.6. The summed E-state index contributed by atoms with van der Waals surface area (Å²) in [5.41, 5.74) is 0.886. The van der Waals surface area contributed by atoms with Crippen LogP contribution in [-0.4, -0.2) is 28.1 Å². The monoisotopic (exact) mass is 463 g/mol. The van der Waals surface area contributed by atoms with Gasteiger partial charge in [-0.2, -0.15) is 13.9 Å². The second-order valence-corrected chi connectivity index (χ2v) is 7.07. The first-order valence-corrected chi connectivity index (χ1v) is 9.63. The topological polar surface area (TPSA) is 110 Å². The highest BCUT2D eigenvalue weighted by Crippen LogP contribution is 2.46. The van der Waals surface area contributed by atoms with Crippen LogP contribution in [0.5, 0.6) is 5.75 Å². The number of aromatic nitrogens is 1. The summed E-state index contributed by atoms with van der Waals surface area (Å²) < 4.78 is 64.5. The summed E-state index contributed by atoms with van der Waals surface area (Å²) in [6, 6.07) is 13.1. The Morgan fingerprint density at radius 3 is 2.42 bits per heavy atom. The Morgan fingerprint density at radius 2 is 1.82 bits per heavy atom. The molecule has 1 atom stereocenters. The number of alkyl halides is 2. The van der Waals surface area contributed by atoms with E-state index in [1.54, 1.807) is 0 Å². The fourth-order valence-electron chi connectivity index (χ4n) is 3.14. The second kappa shape index (κ2) is 9.84. The molecular formula is C22H21F4N5O2. The summed E-state index contributed by atoms with van der Waals surface area (Å²) in [5.74, 6) is -0.893. The first-order valence-electron chi connectivity index (χ1n) is 9.63. The van der Waals surface area contributed by atoms with Gasteiger partial charge in [-0.05, 0) is 29.8 Å². The Balaban J connectivity index is 1.93. The predicted molar refractivity (Wildman–Crippen MR) is 113 cm³/mol. The lowest BCUT2D eigenvalue weighted by Crippen LogP contribution is -2.53. The number of rotatable bonds is 9. The number of halogens is 4. The highest BCUT2D eigenvalue weighted by molar-refractivity contribution is 5.50. The third kappa shape index (κ3) is 5.21. The molecule has 0 radical (unpaired) electrons. The minimum atomic E-state index is -4.19. The van der Waals surface area contributed by atoms with E-state index in [0.29, 0.717) is 23.6 Å². The van der Waals surface area contributed by atoms with Gasteiger partial charge in [-0.25, -0.2) is 19.7 Å². The Hall–Kier alpha value is -3.70. The van der Waals surface area contributed by atoms with Gasteiger partial charge >= 0.3 is 5.92 Å². The van der Waals surface area contributed by atoms with E-state index in [9.17, 15) is 13.9 Å². The molecule has 0 fully saturated rings. The van der Waals surface area contributed by atoms with Gasteiger partial charge in [0.05, 0.1) is 12.7 Å². The van der Waals surface area contributed by atoms with Crippen LogP contribution in [0.25, 0.3) is 0 Å². The quantitative estimate of drug-likeness (QED) is 0.148. The Kier molecular flexibility index (Phi) is 7.14. The lowest BCUT2D eigenvalue weighted by Gasteiger charge is -2.37. The van der Waals surface area contributed by atoms with Gasteiger partial charge in [0, 0.05) is 11.6 Å². The van der Waals surface area contributed by atoms with E-state index >= 15 is 8.78 Å². The van der Waals surface area contributed by atoms with E-state index in [2.05, 4.69) is 10.1 Å². The molecule has 5 N–H and O–H groups in total. The number of hydrazine groups is 1. The molecule has 1 unspecified atom stereocenters. The molecule has 0 aliphatic carbocycles. The molecule has 0 saturated heterocycles. The van der Waals surface area contributed by atoms with E-state index in [0.717, 1.165) is 23.9 Å². The maximum absolute atomic E-state index is 15.6. The van der Waals surface area contributed by atoms with Gasteiger partial charge in [0.1, 0.15) is 36.0 Å². The molecule has 0 aliphatic rings. The lowest BCUT2D eigenvalue weighted by atomic mass is 9.84. The zero-order valence-electron chi connectivity index (χ0n) is 17.2. The minimum absolute atomic E-state index is 0.183. The van der Waals surface area contributed by atoms with Crippen LogP contribution in [0.3, 0.4) is 0 Å². The molecule has 1 heterocycles. The van der Waals surface area contributed by atoms with Gasteiger partial charge < -0.3 is 15.6 Å². The number of aliphatic hydroxyl groups is 1. The van der Waals surface area contributed by atoms with Crippen molar-refractivity contribution in [3.8, 4) is 5.75 Å². The van der Waals surface area contributed by atoms with Crippen LogP contribution >= 0.6 is 0 Å². The predicted octanol–water partition coefficient (Wildman–Crippen LogP) is 3.00. The van der Waals surface area contributed by atoms with E-state index in [4.69, 9.17) is 16.3 Å². The third-order valence-electron chi connectivity index (χ3n) is 4.81. The van der Waals surface area contributed by atoms with E-state index in [1.165, 1.54) is 6.07 Å². The van der Waals surface area contributed by atoms with Crippen molar-refractivity contribution in [2.75, 3.05) is 6.54 Å². The first kappa shape index (κ1) is 24.0. The van der Waals surface area contributed by atoms with E-state index in [1.807, 2.05) is 30.3 Å². The average molecular weight is 463 g/mol. The maximum atomic E-state index is 15.6. The zero-order chi connectivity index (χ0) is 24.1. The molecule has 174 valence electrons. The largest absolute Gasteiger partial charge is 0.487 e. The average Bonchev–Trinajstić information content (AvgIpc) is 2.78. The first-order chi connectivity index (χ1) is 15.7. The highest BCUT2D eigenvalue weighted by atomic mass is 19.3. The van der Waals surface area contributed by atoms with E-state index < -0.39 is 41.0 Å². The molecule has 2 aromatic carbocycles. The van der Waals surface area contributed by atoms with Crippen molar-refractivity contribution in [1.29, 1.82) is 0 Å². The van der Waals surface area contributed by atoms with Gasteiger partial charge in [0.15, 0.2) is 5.60 Å². The molecule has 3 aromatic rings. The van der Waals surface area contributed by atoms with Gasteiger partial charge in [-0.3, -0.25) is 4.98 Å². The molecule has 0 saturated carbocycles. The molecule has 0 bridgehead atoms. The van der Waals surface area contributed by atoms with Gasteiger partial charge in [0.2, 0.25) is 0 Å². The van der Waals surface area contributed by atoms with Gasteiger partial charge in [-0.1, -0.05) is 30.3 Å². The lowest BCUT2D eigenvalue weighted by molar-refractivity contribution is -0.208. The van der Waals surface area contributed by atoms with Crippen LogP contribution in [0.4, 0.5) is 17.6 Å². The summed E-state index contributed by atoms with van der Waals surface area (Å²) in [5, 5.41) is 14.8. The van der Waals surface area contributed by atoms with Crippen molar-refractivity contribution >= 4 is 6.34 Å². The Bertz CT molecular complexity index is 1100. The maximum Gasteiger partial charge on any atom is 0.323 e. The number of nitrogens with zero attached hydrogens (tertiary/aromatic N) is 3. The number of hydrogen-bond donors (Lipinski definition) is 3. The standard InChI is InChI=1S/C22H21F4N5O2/c23-16-6-8-18(19(24)10-16)21(32,13-31(28)30-14-27)22(25,26)20-9-7-17(11-29-20)33-12-15-4-2-1-3-5-15/h1-11,14,32H,12-13,28H2,(H2,27,30). The number of hydrazone groups is 1. The molecule has 0 spiro atoms. The molecule has 7 nitrogen and oxygen atoms in total. The molecule has 0 amide bonds. The van der Waals surface area contributed by atoms with Crippen LogP contribution in [0, 0.1) is 11.6 Å². The van der Waals surface area contributed by atoms with Crippen molar-refractivity contribution in [2.45, 2.75) is 18.1 Å².